The second-order valence-electron chi connectivity index (χ2n) is 0.691. The molecule has 0 aliphatic heterocycles. The molecule has 1 radical (unpaired) electrons. The minimum Gasteiger partial charge on any atom is -0.303 e. The first-order chi connectivity index (χ1) is 2.41. The summed E-state index contributed by atoms with van der Waals surface area (Å²) in [5, 5.41) is 0. The third kappa shape index (κ3) is 9.06. The van der Waals surface area contributed by atoms with E-state index in [-0.39, 0.29) is 17.1 Å². The van der Waals surface area contributed by atoms with E-state index in [0.29, 0.717) is 6.42 Å². The Morgan fingerprint density at radius 1 is 1.67 bits per heavy atom. The molecule has 0 spiro atoms. The first-order valence-electron chi connectivity index (χ1n) is 1.46. The average molecular weight is 125 g/mol. The van der Waals surface area contributed by atoms with Crippen molar-refractivity contribution in [3.05, 3.63) is 12.7 Å². The van der Waals surface area contributed by atoms with E-state index in [1.54, 1.807) is 6.08 Å². The largest absolute Gasteiger partial charge is 0.303 e. The van der Waals surface area contributed by atoms with Crippen molar-refractivity contribution in [1.82, 2.24) is 0 Å². The van der Waals surface area contributed by atoms with Crippen LogP contribution in [-0.2, 0) is 21.9 Å². The number of carbonyl (C=O) groups excluding carboxylic acids is 1. The Bertz CT molecular complexity index is 36.8. The third-order valence-electron chi connectivity index (χ3n) is 0.263. The Morgan fingerprint density at radius 2 is 2.17 bits per heavy atom. The SMILES string of the molecule is C=CCC=O.[Mn]. The first kappa shape index (κ1) is 9.33. The Labute approximate surface area is 47.9 Å². The van der Waals surface area contributed by atoms with Gasteiger partial charge in [0.25, 0.3) is 0 Å². The molecule has 1 nitrogen and oxygen atoms in total. The van der Waals surface area contributed by atoms with Crippen molar-refractivity contribution in [2.24, 2.45) is 0 Å². The fraction of sp³-hybridized carbons (Fsp3) is 0.250. The van der Waals surface area contributed by atoms with Gasteiger partial charge < -0.3 is 4.79 Å². The normalized spacial score (nSPS) is 5.33. The van der Waals surface area contributed by atoms with Crippen LogP contribution < -0.4 is 0 Å². The number of hydrogen-bond donors (Lipinski definition) is 0. The van der Waals surface area contributed by atoms with Crippen LogP contribution in [0.1, 0.15) is 6.42 Å². The minimum absolute atomic E-state index is 0. The maximum Gasteiger partial charge on any atom is 0.123 e. The molecule has 0 aliphatic carbocycles. The molecule has 0 atom stereocenters. The Morgan fingerprint density at radius 3 is 2.17 bits per heavy atom. The monoisotopic (exact) mass is 125 g/mol. The molecule has 6 heavy (non-hydrogen) atoms. The van der Waals surface area contributed by atoms with Crippen LogP contribution in [0.3, 0.4) is 0 Å². The van der Waals surface area contributed by atoms with E-state index in [1.807, 2.05) is 0 Å². The van der Waals surface area contributed by atoms with Crippen molar-refractivity contribution < 1.29 is 21.9 Å². The molecular weight excluding hydrogens is 119 g/mol. The zero-order valence-corrected chi connectivity index (χ0v) is 4.54. The number of hydrogen-bond acceptors (Lipinski definition) is 1. The molecule has 0 heterocycles. The van der Waals surface area contributed by atoms with Gasteiger partial charge in [-0.25, -0.2) is 0 Å². The van der Waals surface area contributed by atoms with E-state index in [2.05, 4.69) is 6.58 Å². The van der Waals surface area contributed by atoms with Crippen molar-refractivity contribution >= 4 is 6.29 Å². The summed E-state index contributed by atoms with van der Waals surface area (Å²) in [5.74, 6) is 0. The Kier molecular flexibility index (Phi) is 13.8. The fourth-order valence-electron chi connectivity index (χ4n) is 0.0680. The predicted octanol–water partition coefficient (Wildman–Crippen LogP) is 0.759. The van der Waals surface area contributed by atoms with Crippen LogP contribution >= 0.6 is 0 Å². The zero-order chi connectivity index (χ0) is 4.12. The second-order valence-corrected chi connectivity index (χ2v) is 0.691. The van der Waals surface area contributed by atoms with Crippen LogP contribution in [0.5, 0.6) is 0 Å². The fourth-order valence-corrected chi connectivity index (χ4v) is 0.0680. The summed E-state index contributed by atoms with van der Waals surface area (Å²) in [7, 11) is 0. The van der Waals surface area contributed by atoms with Gasteiger partial charge in [0.2, 0.25) is 0 Å². The quantitative estimate of drug-likeness (QED) is 0.302. The molecule has 0 unspecified atom stereocenters. The molecule has 2 heteroatoms. The molecule has 0 saturated heterocycles. The minimum atomic E-state index is 0. The molecule has 0 aliphatic rings. The van der Waals surface area contributed by atoms with Crippen LogP contribution in [0.15, 0.2) is 12.7 Å². The zero-order valence-electron chi connectivity index (χ0n) is 3.36. The number of rotatable bonds is 2. The number of allylic oxidation sites excluding steroid dienone is 1. The summed E-state index contributed by atoms with van der Waals surface area (Å²) >= 11 is 0. The molecule has 0 aromatic heterocycles. The summed E-state index contributed by atoms with van der Waals surface area (Å²) in [4.78, 5) is 9.33. The van der Waals surface area contributed by atoms with Gasteiger partial charge in [-0.05, 0) is 0 Å². The van der Waals surface area contributed by atoms with E-state index in [1.165, 1.54) is 0 Å². The summed E-state index contributed by atoms with van der Waals surface area (Å²) < 4.78 is 0. The maximum atomic E-state index is 9.33. The smallest absolute Gasteiger partial charge is 0.123 e. The van der Waals surface area contributed by atoms with E-state index in [9.17, 15) is 4.79 Å². The molecule has 0 N–H and O–H groups in total. The van der Waals surface area contributed by atoms with Crippen molar-refractivity contribution in [3.8, 4) is 0 Å². The van der Waals surface area contributed by atoms with Crippen LogP contribution in [-0.4, -0.2) is 6.29 Å². The number of aldehydes is 1. The average Bonchev–Trinajstić information content (AvgIpc) is 1.41. The Hall–Kier alpha value is -0.0705. The molecular formula is C4H6MnO. The van der Waals surface area contributed by atoms with E-state index in [0.717, 1.165) is 6.29 Å². The van der Waals surface area contributed by atoms with Crippen molar-refractivity contribution in [2.75, 3.05) is 0 Å². The van der Waals surface area contributed by atoms with Crippen molar-refractivity contribution in [3.63, 3.8) is 0 Å². The predicted molar refractivity (Wildman–Crippen MR) is 20.9 cm³/mol. The second kappa shape index (κ2) is 8.87. The van der Waals surface area contributed by atoms with Crippen molar-refractivity contribution in [2.45, 2.75) is 6.42 Å². The van der Waals surface area contributed by atoms with Gasteiger partial charge in [0.05, 0.1) is 0 Å². The van der Waals surface area contributed by atoms with Gasteiger partial charge in [-0.3, -0.25) is 0 Å². The molecule has 35 valence electrons. The van der Waals surface area contributed by atoms with Crippen LogP contribution in [0.25, 0.3) is 0 Å². The number of carbonyl (C=O) groups is 1. The van der Waals surface area contributed by atoms with E-state index < -0.39 is 0 Å². The van der Waals surface area contributed by atoms with Gasteiger partial charge >= 0.3 is 0 Å². The van der Waals surface area contributed by atoms with Gasteiger partial charge in [-0.1, -0.05) is 6.08 Å². The molecule has 0 aromatic carbocycles. The molecule has 0 fully saturated rings. The third-order valence-corrected chi connectivity index (χ3v) is 0.263. The summed E-state index contributed by atoms with van der Waals surface area (Å²) in [5.41, 5.74) is 0. The standard InChI is InChI=1S/C4H6O.Mn/c1-2-3-4-5;/h2,4H,1,3H2;. The summed E-state index contributed by atoms with van der Waals surface area (Å²) in [6.45, 7) is 3.32. The molecule has 0 bridgehead atoms. The Balaban J connectivity index is 0. The van der Waals surface area contributed by atoms with Crippen LogP contribution in [0.2, 0.25) is 0 Å². The van der Waals surface area contributed by atoms with Gasteiger partial charge in [-0.15, -0.1) is 6.58 Å². The topological polar surface area (TPSA) is 17.1 Å². The molecule has 0 rings (SSSR count). The summed E-state index contributed by atoms with van der Waals surface area (Å²) in [6, 6.07) is 0. The first-order valence-corrected chi connectivity index (χ1v) is 1.46. The van der Waals surface area contributed by atoms with Gasteiger partial charge in [0.15, 0.2) is 0 Å². The maximum absolute atomic E-state index is 9.33. The van der Waals surface area contributed by atoms with Crippen LogP contribution in [0, 0.1) is 0 Å². The van der Waals surface area contributed by atoms with Crippen LogP contribution in [0.4, 0.5) is 0 Å². The van der Waals surface area contributed by atoms with Gasteiger partial charge in [0.1, 0.15) is 6.29 Å². The van der Waals surface area contributed by atoms with Gasteiger partial charge in [-0.2, -0.15) is 0 Å². The molecule has 0 aromatic rings. The molecule has 0 saturated carbocycles. The van der Waals surface area contributed by atoms with E-state index >= 15 is 0 Å². The van der Waals surface area contributed by atoms with Gasteiger partial charge in [0, 0.05) is 23.5 Å². The summed E-state index contributed by atoms with van der Waals surface area (Å²) in [6.07, 6.45) is 2.85. The van der Waals surface area contributed by atoms with Crippen molar-refractivity contribution in [1.29, 1.82) is 0 Å². The van der Waals surface area contributed by atoms with E-state index in [4.69, 9.17) is 0 Å². The molecule has 0 amide bonds.